The zero-order valence-corrected chi connectivity index (χ0v) is 12.1. The van der Waals surface area contributed by atoms with Gasteiger partial charge in [-0.3, -0.25) is 18.7 Å². The minimum Gasteiger partial charge on any atom is -0.366 e. The van der Waals surface area contributed by atoms with E-state index in [4.69, 9.17) is 5.73 Å². The lowest BCUT2D eigenvalue weighted by atomic mass is 10.2. The lowest BCUT2D eigenvalue weighted by Gasteiger charge is -2.00. The lowest BCUT2D eigenvalue weighted by Crippen LogP contribution is -2.36. The van der Waals surface area contributed by atoms with Gasteiger partial charge in [-0.15, -0.1) is 0 Å². The van der Waals surface area contributed by atoms with E-state index in [2.05, 4.69) is 9.97 Å². The normalized spacial score (nSPS) is 10.1. The van der Waals surface area contributed by atoms with Crippen LogP contribution in [-0.2, 0) is 14.1 Å². The molecule has 0 aliphatic heterocycles. The average Bonchev–Trinajstić information content (AvgIpc) is 3.02. The fourth-order valence-electron chi connectivity index (χ4n) is 1.87. The van der Waals surface area contributed by atoms with Crippen molar-refractivity contribution in [2.75, 3.05) is 0 Å². The average molecular weight is 301 g/mol. The van der Waals surface area contributed by atoms with Crippen LogP contribution in [0.3, 0.4) is 0 Å². The van der Waals surface area contributed by atoms with Crippen molar-refractivity contribution in [3.8, 4) is 0 Å². The molecule has 8 nitrogen and oxygen atoms in total. The Hall–Kier alpha value is -3.16. The summed E-state index contributed by atoms with van der Waals surface area (Å²) in [6, 6.07) is 8.76. The first-order chi connectivity index (χ1) is 10.4. The number of benzene rings is 1. The second-order valence-electron chi connectivity index (χ2n) is 4.54. The summed E-state index contributed by atoms with van der Waals surface area (Å²) in [4.78, 5) is 39.8. The largest absolute Gasteiger partial charge is 0.366 e. The van der Waals surface area contributed by atoms with E-state index in [1.165, 1.54) is 17.9 Å². The van der Waals surface area contributed by atoms with Crippen molar-refractivity contribution in [1.29, 1.82) is 0 Å². The summed E-state index contributed by atoms with van der Waals surface area (Å²) in [6.07, 6.45) is 1.39. The van der Waals surface area contributed by atoms with Crippen molar-refractivity contribution in [2.24, 2.45) is 19.8 Å². The van der Waals surface area contributed by atoms with Crippen LogP contribution in [0.25, 0.3) is 11.2 Å². The molecule has 2 heterocycles. The number of primary amides is 1. The van der Waals surface area contributed by atoms with E-state index in [0.717, 1.165) is 4.57 Å². The minimum absolute atomic E-state index is 0.351. The molecule has 114 valence electrons. The van der Waals surface area contributed by atoms with Crippen LogP contribution in [0.4, 0.5) is 0 Å². The highest BCUT2D eigenvalue weighted by Gasteiger charge is 2.08. The Bertz CT molecular complexity index is 921. The number of nitrogens with one attached hydrogen (secondary N) is 1. The number of carbonyl (C=O) groups excluding carboxylic acids is 1. The zero-order valence-electron chi connectivity index (χ0n) is 12.1. The van der Waals surface area contributed by atoms with Gasteiger partial charge in [0.15, 0.2) is 5.65 Å². The number of hydrogen-bond donors (Lipinski definition) is 2. The van der Waals surface area contributed by atoms with Gasteiger partial charge in [0.05, 0.1) is 6.33 Å². The molecule has 3 rings (SSSR count). The van der Waals surface area contributed by atoms with Crippen molar-refractivity contribution in [2.45, 2.75) is 0 Å². The lowest BCUT2D eigenvalue weighted by molar-refractivity contribution is 0.100. The molecule has 0 unspecified atom stereocenters. The molecule has 22 heavy (non-hydrogen) atoms. The Morgan fingerprint density at radius 3 is 2.32 bits per heavy atom. The highest BCUT2D eigenvalue weighted by molar-refractivity contribution is 5.92. The number of amides is 1. The fraction of sp³-hybridized carbons (Fsp3) is 0.143. The number of carbonyl (C=O) groups is 1. The van der Waals surface area contributed by atoms with Crippen molar-refractivity contribution in [1.82, 2.24) is 19.1 Å². The maximum Gasteiger partial charge on any atom is 0.332 e. The predicted molar refractivity (Wildman–Crippen MR) is 81.5 cm³/mol. The van der Waals surface area contributed by atoms with E-state index in [1.54, 1.807) is 31.3 Å². The van der Waals surface area contributed by atoms with Gasteiger partial charge in [-0.1, -0.05) is 18.2 Å². The summed E-state index contributed by atoms with van der Waals surface area (Å²) in [5.41, 5.74) is 5.54. The van der Waals surface area contributed by atoms with Crippen LogP contribution in [0.15, 0.2) is 46.2 Å². The number of hydrogen-bond acceptors (Lipinski definition) is 4. The number of imidazole rings is 1. The van der Waals surface area contributed by atoms with Crippen molar-refractivity contribution in [3.63, 3.8) is 0 Å². The number of rotatable bonds is 1. The first-order valence-corrected chi connectivity index (χ1v) is 6.37. The predicted octanol–water partition coefficient (Wildman–Crippen LogP) is -0.254. The second-order valence-corrected chi connectivity index (χ2v) is 4.54. The zero-order chi connectivity index (χ0) is 16.3. The number of aromatic amines is 1. The standard InChI is InChI=1S/C7H8N4O2.C7H7NO/c1-10-5-4(8-3-9-5)6(12)11(2)7(10)13;8-7(9)6-4-2-1-3-5-6/h3H,1-2H3,(H,8,9);1-5H,(H2,8,9). The summed E-state index contributed by atoms with van der Waals surface area (Å²) in [6.45, 7) is 0. The van der Waals surface area contributed by atoms with E-state index in [0.29, 0.717) is 16.7 Å². The number of nitrogens with two attached hydrogens (primary N) is 1. The van der Waals surface area contributed by atoms with Crippen molar-refractivity contribution < 1.29 is 4.79 Å². The Labute approximate surface area is 124 Å². The van der Waals surface area contributed by atoms with Gasteiger partial charge < -0.3 is 10.7 Å². The number of nitrogens with zero attached hydrogens (tertiary/aromatic N) is 3. The van der Waals surface area contributed by atoms with Crippen LogP contribution in [0.5, 0.6) is 0 Å². The Morgan fingerprint density at radius 1 is 1.14 bits per heavy atom. The van der Waals surface area contributed by atoms with Gasteiger partial charge in [0.25, 0.3) is 5.56 Å². The Morgan fingerprint density at radius 2 is 1.77 bits per heavy atom. The smallest absolute Gasteiger partial charge is 0.332 e. The molecule has 0 saturated carbocycles. The molecular formula is C14H15N5O3. The van der Waals surface area contributed by atoms with Gasteiger partial charge in [0.2, 0.25) is 5.91 Å². The van der Waals surface area contributed by atoms with Gasteiger partial charge in [-0.25, -0.2) is 9.78 Å². The summed E-state index contributed by atoms with van der Waals surface area (Å²) in [5.74, 6) is -0.379. The molecular weight excluding hydrogens is 286 g/mol. The molecule has 3 aromatic rings. The molecule has 3 N–H and O–H groups in total. The fourth-order valence-corrected chi connectivity index (χ4v) is 1.87. The van der Waals surface area contributed by atoms with E-state index in [-0.39, 0.29) is 17.2 Å². The first-order valence-electron chi connectivity index (χ1n) is 6.37. The molecule has 0 fully saturated rings. The third-order valence-electron chi connectivity index (χ3n) is 3.09. The number of fused-ring (bicyclic) bond motifs is 1. The topological polar surface area (TPSA) is 116 Å². The van der Waals surface area contributed by atoms with Crippen LogP contribution in [0.1, 0.15) is 10.4 Å². The monoisotopic (exact) mass is 301 g/mol. The van der Waals surface area contributed by atoms with Gasteiger partial charge >= 0.3 is 5.69 Å². The van der Waals surface area contributed by atoms with Gasteiger partial charge in [0.1, 0.15) is 5.52 Å². The molecule has 1 amide bonds. The van der Waals surface area contributed by atoms with Crippen LogP contribution in [-0.4, -0.2) is 25.0 Å². The second kappa shape index (κ2) is 6.08. The molecule has 1 aromatic carbocycles. The van der Waals surface area contributed by atoms with E-state index < -0.39 is 0 Å². The third kappa shape index (κ3) is 2.80. The van der Waals surface area contributed by atoms with Crippen molar-refractivity contribution in [3.05, 3.63) is 63.1 Å². The highest BCUT2D eigenvalue weighted by Crippen LogP contribution is 1.97. The molecule has 0 bridgehead atoms. The first kappa shape index (κ1) is 15.2. The molecule has 8 heteroatoms. The Kier molecular flexibility index (Phi) is 4.21. The molecule has 0 atom stereocenters. The van der Waals surface area contributed by atoms with E-state index in [1.807, 2.05) is 6.07 Å². The number of aryl methyl sites for hydroxylation is 1. The summed E-state index contributed by atoms with van der Waals surface area (Å²) >= 11 is 0. The Balaban J connectivity index is 0.000000172. The van der Waals surface area contributed by atoms with Gasteiger partial charge in [-0.2, -0.15) is 0 Å². The molecule has 0 aliphatic carbocycles. The molecule has 0 radical (unpaired) electrons. The van der Waals surface area contributed by atoms with Crippen LogP contribution >= 0.6 is 0 Å². The molecule has 0 spiro atoms. The van der Waals surface area contributed by atoms with E-state index >= 15 is 0 Å². The number of H-pyrrole nitrogens is 1. The summed E-state index contributed by atoms with van der Waals surface area (Å²) in [7, 11) is 3.01. The number of aromatic nitrogens is 4. The maximum absolute atomic E-state index is 11.4. The van der Waals surface area contributed by atoms with Crippen LogP contribution < -0.4 is 17.0 Å². The van der Waals surface area contributed by atoms with Gasteiger partial charge in [-0.05, 0) is 12.1 Å². The SMILES string of the molecule is Cn1c(=O)c2[nH]cnc2n(C)c1=O.NC(=O)c1ccccc1. The van der Waals surface area contributed by atoms with Crippen molar-refractivity contribution >= 4 is 17.1 Å². The molecule has 2 aromatic heterocycles. The van der Waals surface area contributed by atoms with Crippen LogP contribution in [0, 0.1) is 0 Å². The summed E-state index contributed by atoms with van der Waals surface area (Å²) in [5, 5.41) is 0. The molecule has 0 aliphatic rings. The van der Waals surface area contributed by atoms with Crippen LogP contribution in [0.2, 0.25) is 0 Å². The van der Waals surface area contributed by atoms with E-state index in [9.17, 15) is 14.4 Å². The minimum atomic E-state index is -0.379. The third-order valence-corrected chi connectivity index (χ3v) is 3.09. The highest BCUT2D eigenvalue weighted by atomic mass is 16.2. The van der Waals surface area contributed by atoms with Gasteiger partial charge in [0, 0.05) is 19.7 Å². The molecule has 0 saturated heterocycles. The maximum atomic E-state index is 11.4. The quantitative estimate of drug-likeness (QED) is 0.644. The summed E-state index contributed by atoms with van der Waals surface area (Å²) < 4.78 is 2.37.